The lowest BCUT2D eigenvalue weighted by Crippen LogP contribution is -2.13. The van der Waals surface area contributed by atoms with Crippen LogP contribution in [0.5, 0.6) is 0 Å². The van der Waals surface area contributed by atoms with E-state index in [2.05, 4.69) is 0 Å². The number of nitriles is 1. The van der Waals surface area contributed by atoms with E-state index in [1.807, 2.05) is 60.7 Å². The number of carbonyl (C=O) groups excluding carboxylic acids is 1. The first kappa shape index (κ1) is 12.9. The number of hydrogen-bond acceptors (Lipinski definition) is 2. The molecule has 1 rings (SSSR count). The lowest BCUT2D eigenvalue weighted by atomic mass is 9.90. The van der Waals surface area contributed by atoms with Crippen molar-refractivity contribution in [2.45, 2.75) is 13.3 Å². The number of hydrogen-bond donors (Lipinski definition) is 0. The van der Waals surface area contributed by atoms with Gasteiger partial charge >= 0.3 is 0 Å². The molecule has 0 bridgehead atoms. The molecule has 1 aromatic carbocycles. The maximum Gasteiger partial charge on any atom is 0.140 e. The summed E-state index contributed by atoms with van der Waals surface area (Å²) in [6.07, 6.45) is 8.69. The molecule has 0 aliphatic rings. The van der Waals surface area contributed by atoms with Crippen molar-refractivity contribution >= 4 is 12.4 Å². The Labute approximate surface area is 102 Å². The standard InChI is InChI=1S/C15H15NO/c1-15(12-16,13-17)11-7-3-6-10-14-8-4-2-5-9-14/h2-10,13H,11H2,1H3/b7-3?,10-6+/t15-/m0/s1. The van der Waals surface area contributed by atoms with Crippen molar-refractivity contribution in [2.24, 2.45) is 5.41 Å². The molecule has 1 aromatic rings. The fraction of sp³-hybridized carbons (Fsp3) is 0.200. The molecule has 2 heteroatoms. The molecule has 0 spiro atoms. The molecule has 0 N–H and O–H groups in total. The molecule has 17 heavy (non-hydrogen) atoms. The third-order valence-corrected chi connectivity index (χ3v) is 2.39. The first-order valence-electron chi connectivity index (χ1n) is 5.46. The summed E-state index contributed by atoms with van der Waals surface area (Å²) in [7, 11) is 0. The van der Waals surface area contributed by atoms with Crippen LogP contribution in [-0.2, 0) is 4.79 Å². The van der Waals surface area contributed by atoms with Gasteiger partial charge in [0.2, 0.25) is 0 Å². The smallest absolute Gasteiger partial charge is 0.140 e. The highest BCUT2D eigenvalue weighted by atomic mass is 16.1. The maximum atomic E-state index is 10.7. The van der Waals surface area contributed by atoms with Crippen molar-refractivity contribution < 1.29 is 4.79 Å². The van der Waals surface area contributed by atoms with Gasteiger partial charge in [0.25, 0.3) is 0 Å². The van der Waals surface area contributed by atoms with E-state index in [9.17, 15) is 4.79 Å². The zero-order valence-electron chi connectivity index (χ0n) is 9.84. The van der Waals surface area contributed by atoms with E-state index in [0.717, 1.165) is 5.56 Å². The van der Waals surface area contributed by atoms with Crippen LogP contribution in [0.3, 0.4) is 0 Å². The van der Waals surface area contributed by atoms with Crippen LogP contribution in [0.15, 0.2) is 48.6 Å². The minimum atomic E-state index is -0.906. The lowest BCUT2D eigenvalue weighted by Gasteiger charge is -2.08. The Morgan fingerprint density at radius 3 is 2.59 bits per heavy atom. The van der Waals surface area contributed by atoms with Crippen LogP contribution < -0.4 is 0 Å². The predicted molar refractivity (Wildman–Crippen MR) is 69.0 cm³/mol. The van der Waals surface area contributed by atoms with Gasteiger partial charge in [-0.05, 0) is 18.9 Å². The van der Waals surface area contributed by atoms with Gasteiger partial charge in [-0.3, -0.25) is 0 Å². The first-order valence-corrected chi connectivity index (χ1v) is 5.46. The lowest BCUT2D eigenvalue weighted by molar-refractivity contribution is -0.113. The van der Waals surface area contributed by atoms with Crippen LogP contribution in [0, 0.1) is 16.7 Å². The second-order valence-corrected chi connectivity index (χ2v) is 4.05. The molecule has 86 valence electrons. The van der Waals surface area contributed by atoms with Crippen molar-refractivity contribution in [3.63, 3.8) is 0 Å². The van der Waals surface area contributed by atoms with Crippen LogP contribution in [0.25, 0.3) is 6.08 Å². The second kappa shape index (κ2) is 6.44. The number of benzene rings is 1. The Balaban J connectivity index is 2.50. The van der Waals surface area contributed by atoms with Gasteiger partial charge in [-0.1, -0.05) is 54.6 Å². The summed E-state index contributed by atoms with van der Waals surface area (Å²) in [4.78, 5) is 10.7. The van der Waals surface area contributed by atoms with Gasteiger partial charge in [0.15, 0.2) is 0 Å². The van der Waals surface area contributed by atoms with Crippen molar-refractivity contribution in [1.29, 1.82) is 5.26 Å². The van der Waals surface area contributed by atoms with Gasteiger partial charge in [0.05, 0.1) is 6.07 Å². The SMILES string of the molecule is C[C@](C#N)(C=O)CC=C/C=C/c1ccccc1. The van der Waals surface area contributed by atoms with Gasteiger partial charge in [-0.2, -0.15) is 5.26 Å². The summed E-state index contributed by atoms with van der Waals surface area (Å²) in [5, 5.41) is 8.79. The van der Waals surface area contributed by atoms with E-state index in [1.54, 1.807) is 6.92 Å². The molecule has 0 aliphatic carbocycles. The van der Waals surface area contributed by atoms with Gasteiger partial charge < -0.3 is 4.79 Å². The highest BCUT2D eigenvalue weighted by Gasteiger charge is 2.20. The summed E-state index contributed by atoms with van der Waals surface area (Å²) >= 11 is 0. The van der Waals surface area contributed by atoms with Gasteiger partial charge in [0.1, 0.15) is 11.7 Å². The molecule has 0 heterocycles. The van der Waals surface area contributed by atoms with Crippen LogP contribution in [-0.4, -0.2) is 6.29 Å². The maximum absolute atomic E-state index is 10.7. The van der Waals surface area contributed by atoms with Gasteiger partial charge in [0, 0.05) is 0 Å². The van der Waals surface area contributed by atoms with E-state index in [4.69, 9.17) is 5.26 Å². The van der Waals surface area contributed by atoms with Crippen LogP contribution in [0.2, 0.25) is 0 Å². The number of aldehydes is 1. The Hall–Kier alpha value is -2.14. The molecule has 0 aliphatic heterocycles. The van der Waals surface area contributed by atoms with E-state index in [-0.39, 0.29) is 0 Å². The van der Waals surface area contributed by atoms with Crippen LogP contribution in [0.4, 0.5) is 0 Å². The average Bonchev–Trinajstić information content (AvgIpc) is 2.39. The quantitative estimate of drug-likeness (QED) is 0.569. The summed E-state index contributed by atoms with van der Waals surface area (Å²) in [6.45, 7) is 1.63. The van der Waals surface area contributed by atoms with Crippen molar-refractivity contribution in [1.82, 2.24) is 0 Å². The summed E-state index contributed by atoms with van der Waals surface area (Å²) in [5.74, 6) is 0. The van der Waals surface area contributed by atoms with Crippen molar-refractivity contribution in [3.8, 4) is 6.07 Å². The molecule has 0 saturated heterocycles. The van der Waals surface area contributed by atoms with E-state index < -0.39 is 5.41 Å². The topological polar surface area (TPSA) is 40.9 Å². The molecular formula is C15H15NO. The molecule has 0 aromatic heterocycles. The molecule has 0 fully saturated rings. The highest BCUT2D eigenvalue weighted by molar-refractivity contribution is 5.63. The second-order valence-electron chi connectivity index (χ2n) is 4.05. The van der Waals surface area contributed by atoms with Gasteiger partial charge in [-0.15, -0.1) is 0 Å². The molecule has 2 nitrogen and oxygen atoms in total. The van der Waals surface area contributed by atoms with E-state index in [0.29, 0.717) is 12.7 Å². The Morgan fingerprint density at radius 1 is 1.29 bits per heavy atom. The monoisotopic (exact) mass is 225 g/mol. The van der Waals surface area contributed by atoms with E-state index >= 15 is 0 Å². The number of nitrogens with zero attached hydrogens (tertiary/aromatic N) is 1. The summed E-state index contributed by atoms with van der Waals surface area (Å²) in [5.41, 5.74) is 0.215. The van der Waals surface area contributed by atoms with Gasteiger partial charge in [-0.25, -0.2) is 0 Å². The zero-order valence-corrected chi connectivity index (χ0v) is 9.84. The fourth-order valence-electron chi connectivity index (χ4n) is 1.24. The Bertz CT molecular complexity index is 454. The molecule has 0 unspecified atom stereocenters. The minimum Gasteiger partial charge on any atom is -0.302 e. The van der Waals surface area contributed by atoms with Crippen LogP contribution in [0.1, 0.15) is 18.9 Å². The van der Waals surface area contributed by atoms with Crippen molar-refractivity contribution in [2.75, 3.05) is 0 Å². The number of rotatable bonds is 5. The average molecular weight is 225 g/mol. The van der Waals surface area contributed by atoms with Crippen LogP contribution >= 0.6 is 0 Å². The third-order valence-electron chi connectivity index (χ3n) is 2.39. The summed E-state index contributed by atoms with van der Waals surface area (Å²) < 4.78 is 0. The predicted octanol–water partition coefficient (Wildman–Crippen LogP) is 3.37. The normalized spacial score (nSPS) is 14.6. The first-order chi connectivity index (χ1) is 8.20. The highest BCUT2D eigenvalue weighted by Crippen LogP contribution is 2.16. The molecule has 1 atom stereocenters. The number of carbonyl (C=O) groups is 1. The third kappa shape index (κ3) is 4.48. The molecule has 0 amide bonds. The Kier molecular flexibility index (Phi) is 4.90. The minimum absolute atomic E-state index is 0.437. The molecular weight excluding hydrogens is 210 g/mol. The largest absolute Gasteiger partial charge is 0.302 e. The molecule has 0 radical (unpaired) electrons. The van der Waals surface area contributed by atoms with E-state index in [1.165, 1.54) is 0 Å². The zero-order chi connectivity index (χ0) is 12.6. The number of allylic oxidation sites excluding steroid dienone is 3. The summed E-state index contributed by atoms with van der Waals surface area (Å²) in [6, 6.07) is 11.9. The molecule has 0 saturated carbocycles. The van der Waals surface area contributed by atoms with Crippen molar-refractivity contribution in [3.05, 3.63) is 54.1 Å². The fourth-order valence-corrected chi connectivity index (χ4v) is 1.24. The Morgan fingerprint density at radius 2 is 2.00 bits per heavy atom.